The van der Waals surface area contributed by atoms with Gasteiger partial charge in [-0.3, -0.25) is 19.7 Å². The first-order chi connectivity index (χ1) is 12.2. The van der Waals surface area contributed by atoms with Crippen LogP contribution in [0.1, 0.15) is 46.0 Å². The van der Waals surface area contributed by atoms with Crippen LogP contribution in [0.4, 0.5) is 5.69 Å². The van der Waals surface area contributed by atoms with Crippen molar-refractivity contribution < 1.29 is 24.0 Å². The highest BCUT2D eigenvalue weighted by Crippen LogP contribution is 2.32. The monoisotopic (exact) mass is 360 g/mol. The molecule has 0 saturated heterocycles. The van der Waals surface area contributed by atoms with E-state index >= 15 is 0 Å². The van der Waals surface area contributed by atoms with E-state index in [4.69, 9.17) is 9.47 Å². The summed E-state index contributed by atoms with van der Waals surface area (Å²) < 4.78 is 10.8. The molecular formula is C18H20N2O6. The molecule has 0 aliphatic heterocycles. The fraction of sp³-hybridized carbons (Fsp3) is 0.333. The predicted molar refractivity (Wildman–Crippen MR) is 94.3 cm³/mol. The SMILES string of the molecule is COc1ccc([N+](=O)[O-])cc1O[C@@H](C)C(=O)c1[nH]c(C)c(C(C)=O)c1C. The molecule has 0 unspecified atom stereocenters. The second kappa shape index (κ2) is 7.38. The number of ketones is 2. The minimum Gasteiger partial charge on any atom is -0.493 e. The lowest BCUT2D eigenvalue weighted by atomic mass is 10.0. The van der Waals surface area contributed by atoms with E-state index < -0.39 is 11.0 Å². The van der Waals surface area contributed by atoms with Crippen LogP contribution in [0.25, 0.3) is 0 Å². The Morgan fingerprint density at radius 3 is 2.38 bits per heavy atom. The number of aromatic amines is 1. The summed E-state index contributed by atoms with van der Waals surface area (Å²) in [6.45, 7) is 6.37. The first-order valence-corrected chi connectivity index (χ1v) is 7.90. The molecule has 0 aliphatic rings. The molecule has 8 heteroatoms. The van der Waals surface area contributed by atoms with E-state index in [1.165, 1.54) is 39.2 Å². The summed E-state index contributed by atoms with van der Waals surface area (Å²) in [6.07, 6.45) is -0.942. The van der Waals surface area contributed by atoms with Crippen LogP contribution >= 0.6 is 0 Å². The van der Waals surface area contributed by atoms with Gasteiger partial charge in [-0.1, -0.05) is 0 Å². The van der Waals surface area contributed by atoms with Gasteiger partial charge in [0.1, 0.15) is 0 Å². The number of methoxy groups -OCH3 is 1. The number of rotatable bonds is 7. The van der Waals surface area contributed by atoms with Crippen LogP contribution in [-0.2, 0) is 0 Å². The molecule has 1 aromatic carbocycles. The minimum atomic E-state index is -0.942. The third kappa shape index (κ3) is 3.58. The van der Waals surface area contributed by atoms with E-state index in [-0.39, 0.29) is 34.4 Å². The number of hydrogen-bond donors (Lipinski definition) is 1. The van der Waals surface area contributed by atoms with Crippen LogP contribution in [-0.4, -0.2) is 34.7 Å². The lowest BCUT2D eigenvalue weighted by Crippen LogP contribution is -2.25. The number of carbonyl (C=O) groups is 2. The molecule has 0 spiro atoms. The second-order valence-electron chi connectivity index (χ2n) is 5.90. The molecule has 1 aromatic heterocycles. The Kier molecular flexibility index (Phi) is 5.44. The number of Topliss-reactive ketones (excluding diaryl/α,β-unsaturated/α-hetero) is 2. The van der Waals surface area contributed by atoms with Crippen molar-refractivity contribution in [3.63, 3.8) is 0 Å². The van der Waals surface area contributed by atoms with Gasteiger partial charge >= 0.3 is 0 Å². The molecule has 1 N–H and O–H groups in total. The van der Waals surface area contributed by atoms with Gasteiger partial charge in [-0.2, -0.15) is 0 Å². The van der Waals surface area contributed by atoms with Gasteiger partial charge in [-0.05, 0) is 39.3 Å². The molecule has 0 saturated carbocycles. The maximum atomic E-state index is 12.7. The van der Waals surface area contributed by atoms with Crippen LogP contribution < -0.4 is 9.47 Å². The normalized spacial score (nSPS) is 11.7. The molecule has 0 bridgehead atoms. The van der Waals surface area contributed by atoms with Gasteiger partial charge < -0.3 is 14.5 Å². The summed E-state index contributed by atoms with van der Waals surface area (Å²) in [4.78, 5) is 37.8. The quantitative estimate of drug-likeness (QED) is 0.460. The van der Waals surface area contributed by atoms with Gasteiger partial charge in [-0.25, -0.2) is 0 Å². The largest absolute Gasteiger partial charge is 0.493 e. The van der Waals surface area contributed by atoms with Crippen molar-refractivity contribution >= 4 is 17.3 Å². The number of nitro groups is 1. The summed E-state index contributed by atoms with van der Waals surface area (Å²) >= 11 is 0. The highest BCUT2D eigenvalue weighted by molar-refractivity contribution is 6.04. The topological polar surface area (TPSA) is 112 Å². The molecule has 138 valence electrons. The first kappa shape index (κ1) is 19.2. The number of nitrogens with zero attached hydrogens (tertiary/aromatic N) is 1. The molecule has 0 fully saturated rings. The Morgan fingerprint density at radius 2 is 1.88 bits per heavy atom. The third-order valence-electron chi connectivity index (χ3n) is 4.07. The predicted octanol–water partition coefficient (Wildman–Crippen LogP) is 3.40. The average Bonchev–Trinajstić information content (AvgIpc) is 2.88. The maximum absolute atomic E-state index is 12.7. The van der Waals surface area contributed by atoms with Crippen LogP contribution in [0, 0.1) is 24.0 Å². The number of ether oxygens (including phenoxy) is 2. The van der Waals surface area contributed by atoms with Crippen molar-refractivity contribution in [3.8, 4) is 11.5 Å². The van der Waals surface area contributed by atoms with Gasteiger partial charge in [0.25, 0.3) is 5.69 Å². The second-order valence-corrected chi connectivity index (χ2v) is 5.90. The van der Waals surface area contributed by atoms with E-state index in [0.29, 0.717) is 16.8 Å². The molecular weight excluding hydrogens is 340 g/mol. The summed E-state index contributed by atoms with van der Waals surface area (Å²) in [5.74, 6) is -0.134. The van der Waals surface area contributed by atoms with Crippen LogP contribution in [0.2, 0.25) is 0 Å². The summed E-state index contributed by atoms with van der Waals surface area (Å²) in [5.41, 5.74) is 1.75. The van der Waals surface area contributed by atoms with Crippen molar-refractivity contribution in [1.29, 1.82) is 0 Å². The molecule has 0 radical (unpaired) electrons. The number of H-pyrrole nitrogens is 1. The first-order valence-electron chi connectivity index (χ1n) is 7.90. The number of aryl methyl sites for hydroxylation is 1. The van der Waals surface area contributed by atoms with Gasteiger partial charge in [0, 0.05) is 17.3 Å². The Morgan fingerprint density at radius 1 is 1.23 bits per heavy atom. The zero-order valence-electron chi connectivity index (χ0n) is 15.2. The Hall–Kier alpha value is -3.16. The highest BCUT2D eigenvalue weighted by Gasteiger charge is 2.26. The Bertz CT molecular complexity index is 884. The number of nitrogens with one attached hydrogen (secondary N) is 1. The molecule has 1 atom stereocenters. The summed E-state index contributed by atoms with van der Waals surface area (Å²) in [7, 11) is 1.40. The van der Waals surface area contributed by atoms with Crippen molar-refractivity contribution in [3.05, 3.63) is 50.8 Å². The zero-order valence-corrected chi connectivity index (χ0v) is 15.2. The fourth-order valence-corrected chi connectivity index (χ4v) is 2.84. The molecule has 0 amide bonds. The number of non-ortho nitro benzene ring substituents is 1. The van der Waals surface area contributed by atoms with Crippen molar-refractivity contribution in [1.82, 2.24) is 4.98 Å². The molecule has 0 aliphatic carbocycles. The third-order valence-corrected chi connectivity index (χ3v) is 4.07. The standard InChI is InChI=1S/C18H20N2O6/c1-9-16(11(3)21)10(2)19-17(9)18(22)12(4)26-15-8-13(20(23)24)6-7-14(15)25-5/h6-8,12,19H,1-5H3/t12-/m0/s1. The fourth-order valence-electron chi connectivity index (χ4n) is 2.84. The van der Waals surface area contributed by atoms with Gasteiger partial charge in [0.2, 0.25) is 5.78 Å². The van der Waals surface area contributed by atoms with E-state index in [1.807, 2.05) is 0 Å². The summed E-state index contributed by atoms with van der Waals surface area (Å²) in [5, 5.41) is 10.9. The van der Waals surface area contributed by atoms with Crippen LogP contribution in [0.3, 0.4) is 0 Å². The smallest absolute Gasteiger partial charge is 0.273 e. The maximum Gasteiger partial charge on any atom is 0.273 e. The lowest BCUT2D eigenvalue weighted by molar-refractivity contribution is -0.385. The van der Waals surface area contributed by atoms with Crippen molar-refractivity contribution in [2.45, 2.75) is 33.8 Å². The lowest BCUT2D eigenvalue weighted by Gasteiger charge is -2.16. The highest BCUT2D eigenvalue weighted by atomic mass is 16.6. The average molecular weight is 360 g/mol. The van der Waals surface area contributed by atoms with E-state index in [0.717, 1.165) is 0 Å². The van der Waals surface area contributed by atoms with E-state index in [9.17, 15) is 19.7 Å². The van der Waals surface area contributed by atoms with E-state index in [2.05, 4.69) is 4.98 Å². The minimum absolute atomic E-state index is 0.0928. The number of benzene rings is 1. The number of nitro benzene ring substituents is 1. The van der Waals surface area contributed by atoms with Crippen LogP contribution in [0.5, 0.6) is 11.5 Å². The van der Waals surface area contributed by atoms with Gasteiger partial charge in [-0.15, -0.1) is 0 Å². The Balaban J connectivity index is 2.33. The molecule has 2 rings (SSSR count). The number of aromatic nitrogens is 1. The molecule has 26 heavy (non-hydrogen) atoms. The van der Waals surface area contributed by atoms with Gasteiger partial charge in [0.15, 0.2) is 23.4 Å². The van der Waals surface area contributed by atoms with Crippen molar-refractivity contribution in [2.75, 3.05) is 7.11 Å². The summed E-state index contributed by atoms with van der Waals surface area (Å²) in [6, 6.07) is 3.90. The molecule has 1 heterocycles. The van der Waals surface area contributed by atoms with Crippen LogP contribution in [0.15, 0.2) is 18.2 Å². The molecule has 2 aromatic rings. The zero-order chi connectivity index (χ0) is 19.6. The number of hydrogen-bond acceptors (Lipinski definition) is 6. The van der Waals surface area contributed by atoms with Crippen molar-refractivity contribution in [2.24, 2.45) is 0 Å². The van der Waals surface area contributed by atoms with E-state index in [1.54, 1.807) is 13.8 Å². The number of carbonyl (C=O) groups excluding carboxylic acids is 2. The van der Waals surface area contributed by atoms with Gasteiger partial charge in [0.05, 0.1) is 23.8 Å². The Labute approximate surface area is 150 Å². The molecule has 8 nitrogen and oxygen atoms in total.